The fraction of sp³-hybridized carbons (Fsp3) is 0.346. The van der Waals surface area contributed by atoms with Crippen LogP contribution in [0.4, 0.5) is 10.2 Å². The third kappa shape index (κ3) is 4.40. The molecule has 0 amide bonds. The predicted molar refractivity (Wildman–Crippen MR) is 129 cm³/mol. The van der Waals surface area contributed by atoms with Crippen LogP contribution in [0.2, 0.25) is 5.02 Å². The van der Waals surface area contributed by atoms with Crippen molar-refractivity contribution in [2.24, 2.45) is 5.92 Å². The number of benzene rings is 2. The topological polar surface area (TPSA) is 50.7 Å². The average molecular weight is 449 g/mol. The fourth-order valence-corrected chi connectivity index (χ4v) is 5.31. The summed E-state index contributed by atoms with van der Waals surface area (Å²) in [5, 5.41) is 6.21. The maximum atomic E-state index is 13.8. The van der Waals surface area contributed by atoms with Crippen molar-refractivity contribution in [2.75, 3.05) is 5.32 Å². The van der Waals surface area contributed by atoms with Crippen molar-refractivity contribution >= 4 is 39.2 Å². The van der Waals surface area contributed by atoms with Gasteiger partial charge in [0.1, 0.15) is 18.0 Å². The Morgan fingerprint density at radius 2 is 1.81 bits per heavy atom. The van der Waals surface area contributed by atoms with E-state index in [2.05, 4.69) is 33.3 Å². The van der Waals surface area contributed by atoms with E-state index in [1.54, 1.807) is 18.5 Å². The van der Waals surface area contributed by atoms with Crippen molar-refractivity contribution in [2.45, 2.75) is 51.0 Å². The maximum absolute atomic E-state index is 13.8. The number of nitrogens with zero attached hydrogens (tertiary/aromatic N) is 3. The average Bonchev–Trinajstić information content (AvgIpc) is 2.79. The highest BCUT2D eigenvalue weighted by Crippen LogP contribution is 2.40. The predicted octanol–water partition coefficient (Wildman–Crippen LogP) is 7.14. The molecule has 1 aliphatic rings. The van der Waals surface area contributed by atoms with Crippen LogP contribution in [0.25, 0.3) is 21.8 Å². The molecule has 4 aromatic rings. The minimum Gasteiger partial charge on any atom is -0.367 e. The molecular weight excluding hydrogens is 423 g/mol. The van der Waals surface area contributed by atoms with Gasteiger partial charge in [-0.2, -0.15) is 0 Å². The molecule has 1 fully saturated rings. The normalized spacial score (nSPS) is 19.8. The van der Waals surface area contributed by atoms with E-state index in [9.17, 15) is 4.39 Å². The van der Waals surface area contributed by atoms with E-state index in [4.69, 9.17) is 11.6 Å². The summed E-state index contributed by atoms with van der Waals surface area (Å²) in [6, 6.07) is 13.0. The molecule has 6 heteroatoms. The lowest BCUT2D eigenvalue weighted by atomic mass is 9.76. The van der Waals surface area contributed by atoms with Crippen molar-refractivity contribution < 1.29 is 4.39 Å². The fourth-order valence-electron chi connectivity index (χ4n) is 5.14. The van der Waals surface area contributed by atoms with Gasteiger partial charge in [0, 0.05) is 28.0 Å². The van der Waals surface area contributed by atoms with E-state index >= 15 is 0 Å². The first-order chi connectivity index (χ1) is 15.6. The van der Waals surface area contributed by atoms with Crippen molar-refractivity contribution in [3.8, 4) is 0 Å². The lowest BCUT2D eigenvalue weighted by molar-refractivity contribution is 0.302. The Bertz CT molecular complexity index is 1250. The van der Waals surface area contributed by atoms with Crippen LogP contribution in [0.1, 0.15) is 50.5 Å². The molecule has 164 valence electrons. The number of pyridine rings is 1. The SMILES string of the molecule is C[C@H](C[C@H]1CC[C@H](c2ccnc3ccc(F)cc32)CC1)Nc1ncnc2cc(Cl)ccc12. The van der Waals surface area contributed by atoms with Crippen molar-refractivity contribution in [3.63, 3.8) is 0 Å². The van der Waals surface area contributed by atoms with Gasteiger partial charge in [0.05, 0.1) is 11.0 Å². The highest BCUT2D eigenvalue weighted by Gasteiger charge is 2.25. The number of fused-ring (bicyclic) bond motifs is 2. The van der Waals surface area contributed by atoms with Gasteiger partial charge in [0.25, 0.3) is 0 Å². The molecule has 0 spiro atoms. The summed E-state index contributed by atoms with van der Waals surface area (Å²) in [6.45, 7) is 2.22. The molecule has 2 heterocycles. The van der Waals surface area contributed by atoms with Gasteiger partial charge < -0.3 is 5.32 Å². The van der Waals surface area contributed by atoms with Gasteiger partial charge in [0.2, 0.25) is 0 Å². The van der Waals surface area contributed by atoms with Gasteiger partial charge in [-0.3, -0.25) is 4.98 Å². The van der Waals surface area contributed by atoms with Crippen molar-refractivity contribution in [1.82, 2.24) is 15.0 Å². The van der Waals surface area contributed by atoms with E-state index in [0.717, 1.165) is 46.9 Å². The number of nitrogens with one attached hydrogen (secondary N) is 1. The van der Waals surface area contributed by atoms with Gasteiger partial charge in [-0.15, -0.1) is 0 Å². The summed E-state index contributed by atoms with van der Waals surface area (Å²) in [6.07, 6.45) is 9.14. The van der Waals surface area contributed by atoms with Gasteiger partial charge in [0.15, 0.2) is 0 Å². The molecule has 0 bridgehead atoms. The molecule has 2 aromatic heterocycles. The zero-order valence-corrected chi connectivity index (χ0v) is 18.8. The van der Waals surface area contributed by atoms with Gasteiger partial charge >= 0.3 is 0 Å². The Kier molecular flexibility index (Phi) is 5.92. The molecule has 2 aromatic carbocycles. The first-order valence-corrected chi connectivity index (χ1v) is 11.7. The van der Waals surface area contributed by atoms with Crippen LogP contribution in [0, 0.1) is 11.7 Å². The van der Waals surface area contributed by atoms with E-state index in [1.807, 2.05) is 24.4 Å². The number of anilines is 1. The molecule has 0 unspecified atom stereocenters. The van der Waals surface area contributed by atoms with Crippen LogP contribution in [-0.2, 0) is 0 Å². The molecule has 4 nitrogen and oxygen atoms in total. The summed E-state index contributed by atoms with van der Waals surface area (Å²) in [4.78, 5) is 13.2. The first kappa shape index (κ1) is 21.1. The van der Waals surface area contributed by atoms with Gasteiger partial charge in [-0.25, -0.2) is 14.4 Å². The standard InChI is InChI=1S/C26H26ClFN4/c1-16(32-26-22-8-6-19(27)13-25(22)30-15-31-26)12-17-2-4-18(5-3-17)21-10-11-29-24-9-7-20(28)14-23(21)24/h6-11,13-18H,2-5,12H2,1H3,(H,30,31,32)/t16-,17-,18-/m1/s1. The van der Waals surface area contributed by atoms with Crippen LogP contribution >= 0.6 is 11.6 Å². The smallest absolute Gasteiger partial charge is 0.137 e. The van der Waals surface area contributed by atoms with E-state index < -0.39 is 0 Å². The summed E-state index contributed by atoms with van der Waals surface area (Å²) in [5.41, 5.74) is 2.97. The van der Waals surface area contributed by atoms with Gasteiger partial charge in [-0.05, 0) is 98.9 Å². The Morgan fingerprint density at radius 3 is 2.66 bits per heavy atom. The van der Waals surface area contributed by atoms with E-state index in [1.165, 1.54) is 24.5 Å². The number of rotatable bonds is 5. The summed E-state index contributed by atoms with van der Waals surface area (Å²) >= 11 is 6.10. The zero-order chi connectivity index (χ0) is 22.1. The summed E-state index contributed by atoms with van der Waals surface area (Å²) < 4.78 is 13.8. The van der Waals surface area contributed by atoms with Crippen LogP contribution in [0.3, 0.4) is 0 Å². The molecule has 1 N–H and O–H groups in total. The summed E-state index contributed by atoms with van der Waals surface area (Å²) in [5.74, 6) is 1.80. The second-order valence-electron chi connectivity index (χ2n) is 8.94. The monoisotopic (exact) mass is 448 g/mol. The molecule has 32 heavy (non-hydrogen) atoms. The van der Waals surface area contributed by atoms with Crippen molar-refractivity contribution in [1.29, 1.82) is 0 Å². The minimum absolute atomic E-state index is 0.195. The third-order valence-corrected chi connectivity index (χ3v) is 6.93. The Labute approximate surface area is 192 Å². The van der Waals surface area contributed by atoms with Crippen LogP contribution in [0.15, 0.2) is 55.0 Å². The second kappa shape index (κ2) is 8.99. The van der Waals surface area contributed by atoms with Crippen LogP contribution < -0.4 is 5.32 Å². The number of hydrogen-bond acceptors (Lipinski definition) is 4. The Balaban J connectivity index is 1.23. The third-order valence-electron chi connectivity index (χ3n) is 6.69. The van der Waals surface area contributed by atoms with Gasteiger partial charge in [-0.1, -0.05) is 11.6 Å². The first-order valence-electron chi connectivity index (χ1n) is 11.3. The largest absolute Gasteiger partial charge is 0.367 e. The number of halogens is 2. The van der Waals surface area contributed by atoms with Crippen LogP contribution in [0.5, 0.6) is 0 Å². The quantitative estimate of drug-likeness (QED) is 0.352. The minimum atomic E-state index is -0.195. The van der Waals surface area contributed by atoms with Crippen LogP contribution in [-0.4, -0.2) is 21.0 Å². The summed E-state index contributed by atoms with van der Waals surface area (Å²) in [7, 11) is 0. The van der Waals surface area contributed by atoms with E-state index in [0.29, 0.717) is 22.9 Å². The molecule has 5 rings (SSSR count). The zero-order valence-electron chi connectivity index (χ0n) is 18.1. The van der Waals surface area contributed by atoms with Crippen molar-refractivity contribution in [3.05, 3.63) is 71.4 Å². The van der Waals surface area contributed by atoms with E-state index in [-0.39, 0.29) is 5.82 Å². The Hall–Kier alpha value is -2.79. The molecule has 1 saturated carbocycles. The second-order valence-corrected chi connectivity index (χ2v) is 9.38. The molecule has 0 radical (unpaired) electrons. The number of aromatic nitrogens is 3. The Morgan fingerprint density at radius 1 is 0.969 bits per heavy atom. The number of hydrogen-bond donors (Lipinski definition) is 1. The lowest BCUT2D eigenvalue weighted by Gasteiger charge is -2.31. The lowest BCUT2D eigenvalue weighted by Crippen LogP contribution is -2.23. The molecule has 0 aliphatic heterocycles. The molecule has 0 saturated heterocycles. The highest BCUT2D eigenvalue weighted by molar-refractivity contribution is 6.31. The maximum Gasteiger partial charge on any atom is 0.137 e. The molecule has 1 aliphatic carbocycles. The highest BCUT2D eigenvalue weighted by atomic mass is 35.5. The molecule has 1 atom stereocenters. The molecular formula is C26H26ClFN4.